The first-order valence-electron chi connectivity index (χ1n) is 10.2. The molecule has 3 heterocycles. The van der Waals surface area contributed by atoms with Gasteiger partial charge in [-0.3, -0.25) is 4.79 Å². The van der Waals surface area contributed by atoms with Gasteiger partial charge in [-0.05, 0) is 43.0 Å². The lowest BCUT2D eigenvalue weighted by Crippen LogP contribution is -2.40. The summed E-state index contributed by atoms with van der Waals surface area (Å²) in [4.78, 5) is 18.9. The molecule has 152 valence electrons. The number of likely N-dealkylation sites (tertiary alicyclic amines) is 1. The number of nitrogens with one attached hydrogen (secondary N) is 1. The van der Waals surface area contributed by atoms with Crippen LogP contribution in [0.2, 0.25) is 0 Å². The molecule has 1 aromatic carbocycles. The standard InChI is InChI=1S/C22H26FN5O/c1-15(2)11-22(29)27-10-4-7-18(27)13-24-20-8-9-21-25-14-19(28(21)26-20)16-5-3-6-17(23)12-16/h3,5-6,8-9,12,14-15,18H,4,7,10-11,13H2,1-2H3,(H,24,26)/t18-/m0/s1. The molecule has 3 aromatic rings. The van der Waals surface area contributed by atoms with Gasteiger partial charge in [-0.2, -0.15) is 0 Å². The third-order valence-electron chi connectivity index (χ3n) is 5.28. The Bertz CT molecular complexity index is 1020. The third kappa shape index (κ3) is 4.23. The number of anilines is 1. The SMILES string of the molecule is CC(C)CC(=O)N1CCC[C@H]1CNc1ccc2ncc(-c3cccc(F)c3)n2n1. The molecule has 1 aliphatic heterocycles. The van der Waals surface area contributed by atoms with Crippen LogP contribution in [0.25, 0.3) is 16.9 Å². The molecule has 1 saturated heterocycles. The van der Waals surface area contributed by atoms with E-state index >= 15 is 0 Å². The maximum absolute atomic E-state index is 13.6. The average Bonchev–Trinajstić information content (AvgIpc) is 3.32. The minimum Gasteiger partial charge on any atom is -0.367 e. The van der Waals surface area contributed by atoms with Crippen molar-refractivity contribution < 1.29 is 9.18 Å². The van der Waals surface area contributed by atoms with Crippen molar-refractivity contribution in [3.8, 4) is 11.3 Å². The van der Waals surface area contributed by atoms with Crippen LogP contribution >= 0.6 is 0 Å². The zero-order valence-corrected chi connectivity index (χ0v) is 16.8. The van der Waals surface area contributed by atoms with Gasteiger partial charge in [-0.25, -0.2) is 13.9 Å². The van der Waals surface area contributed by atoms with Crippen molar-refractivity contribution >= 4 is 17.4 Å². The van der Waals surface area contributed by atoms with Gasteiger partial charge in [0.15, 0.2) is 5.65 Å². The summed E-state index contributed by atoms with van der Waals surface area (Å²) in [7, 11) is 0. The highest BCUT2D eigenvalue weighted by Crippen LogP contribution is 2.23. The number of aromatic nitrogens is 3. The van der Waals surface area contributed by atoms with Gasteiger partial charge in [0, 0.05) is 31.1 Å². The Balaban J connectivity index is 1.50. The highest BCUT2D eigenvalue weighted by Gasteiger charge is 2.28. The van der Waals surface area contributed by atoms with Gasteiger partial charge < -0.3 is 10.2 Å². The average molecular weight is 395 g/mol. The number of halogens is 1. The van der Waals surface area contributed by atoms with E-state index in [1.165, 1.54) is 12.1 Å². The first-order chi connectivity index (χ1) is 14.0. The van der Waals surface area contributed by atoms with E-state index in [-0.39, 0.29) is 17.8 Å². The van der Waals surface area contributed by atoms with Crippen LogP contribution < -0.4 is 5.32 Å². The smallest absolute Gasteiger partial charge is 0.223 e. The lowest BCUT2D eigenvalue weighted by atomic mass is 10.1. The fourth-order valence-electron chi connectivity index (χ4n) is 3.88. The first kappa shape index (κ1) is 19.4. The Kier molecular flexibility index (Phi) is 5.47. The highest BCUT2D eigenvalue weighted by atomic mass is 19.1. The Morgan fingerprint density at radius 1 is 1.31 bits per heavy atom. The second-order valence-electron chi connectivity index (χ2n) is 8.00. The molecule has 4 rings (SSSR count). The molecule has 1 atom stereocenters. The van der Waals surface area contributed by atoms with Crippen molar-refractivity contribution in [2.24, 2.45) is 5.92 Å². The zero-order chi connectivity index (χ0) is 20.4. The molecule has 1 amide bonds. The van der Waals surface area contributed by atoms with Crippen LogP contribution in [0, 0.1) is 11.7 Å². The number of nitrogens with zero attached hydrogens (tertiary/aromatic N) is 4. The number of hydrogen-bond donors (Lipinski definition) is 1. The summed E-state index contributed by atoms with van der Waals surface area (Å²) >= 11 is 0. The van der Waals surface area contributed by atoms with Gasteiger partial charge in [-0.1, -0.05) is 26.0 Å². The fraction of sp³-hybridized carbons (Fsp3) is 0.409. The summed E-state index contributed by atoms with van der Waals surface area (Å²) in [5.41, 5.74) is 2.16. The van der Waals surface area contributed by atoms with E-state index in [9.17, 15) is 9.18 Å². The van der Waals surface area contributed by atoms with Crippen molar-refractivity contribution in [3.05, 3.63) is 48.4 Å². The van der Waals surface area contributed by atoms with Crippen LogP contribution in [0.4, 0.5) is 10.2 Å². The number of imidazole rings is 1. The minimum absolute atomic E-state index is 0.184. The van der Waals surface area contributed by atoms with Gasteiger partial charge >= 0.3 is 0 Å². The predicted molar refractivity (Wildman–Crippen MR) is 111 cm³/mol. The summed E-state index contributed by atoms with van der Waals surface area (Å²) in [5.74, 6) is 1.01. The van der Waals surface area contributed by atoms with Crippen LogP contribution in [-0.4, -0.2) is 44.5 Å². The van der Waals surface area contributed by atoms with E-state index in [1.807, 2.05) is 23.1 Å². The second-order valence-corrected chi connectivity index (χ2v) is 8.00. The van der Waals surface area contributed by atoms with Gasteiger partial charge in [0.2, 0.25) is 5.91 Å². The number of carbonyl (C=O) groups is 1. The lowest BCUT2D eigenvalue weighted by Gasteiger charge is -2.26. The Morgan fingerprint density at radius 2 is 2.17 bits per heavy atom. The van der Waals surface area contributed by atoms with Gasteiger partial charge in [-0.15, -0.1) is 5.10 Å². The fourth-order valence-corrected chi connectivity index (χ4v) is 3.88. The van der Waals surface area contributed by atoms with E-state index in [2.05, 4.69) is 29.2 Å². The number of rotatable bonds is 6. The molecule has 2 aromatic heterocycles. The summed E-state index contributed by atoms with van der Waals surface area (Å²) < 4.78 is 15.3. The summed E-state index contributed by atoms with van der Waals surface area (Å²) in [5, 5.41) is 8.01. The number of carbonyl (C=O) groups excluding carboxylic acids is 1. The molecule has 29 heavy (non-hydrogen) atoms. The van der Waals surface area contributed by atoms with E-state index in [4.69, 9.17) is 0 Å². The first-order valence-corrected chi connectivity index (χ1v) is 10.2. The van der Waals surface area contributed by atoms with Crippen molar-refractivity contribution in [2.75, 3.05) is 18.4 Å². The number of fused-ring (bicyclic) bond motifs is 1. The van der Waals surface area contributed by atoms with Crippen LogP contribution in [0.5, 0.6) is 0 Å². The molecule has 1 N–H and O–H groups in total. The molecule has 0 bridgehead atoms. The van der Waals surface area contributed by atoms with Crippen molar-refractivity contribution in [3.63, 3.8) is 0 Å². The maximum Gasteiger partial charge on any atom is 0.223 e. The monoisotopic (exact) mass is 395 g/mol. The predicted octanol–water partition coefficient (Wildman–Crippen LogP) is 3.98. The van der Waals surface area contributed by atoms with Gasteiger partial charge in [0.05, 0.1) is 11.9 Å². The zero-order valence-electron chi connectivity index (χ0n) is 16.8. The third-order valence-corrected chi connectivity index (χ3v) is 5.28. The molecule has 1 aliphatic rings. The number of benzene rings is 1. The van der Waals surface area contributed by atoms with E-state index < -0.39 is 0 Å². The van der Waals surface area contributed by atoms with E-state index in [0.717, 1.165) is 30.6 Å². The Morgan fingerprint density at radius 3 is 2.97 bits per heavy atom. The Hall–Kier alpha value is -2.96. The molecule has 1 fully saturated rings. The molecule has 0 saturated carbocycles. The van der Waals surface area contributed by atoms with Crippen molar-refractivity contribution in [2.45, 2.75) is 39.2 Å². The molecular weight excluding hydrogens is 369 g/mol. The molecular formula is C22H26FN5O. The largest absolute Gasteiger partial charge is 0.367 e. The molecule has 0 spiro atoms. The molecule has 0 unspecified atom stereocenters. The second kappa shape index (κ2) is 8.19. The van der Waals surface area contributed by atoms with Crippen LogP contribution in [0.3, 0.4) is 0 Å². The molecule has 0 aliphatic carbocycles. The minimum atomic E-state index is -0.292. The normalized spacial score (nSPS) is 16.7. The molecule has 7 heteroatoms. The number of amides is 1. The van der Waals surface area contributed by atoms with Crippen LogP contribution in [-0.2, 0) is 4.79 Å². The van der Waals surface area contributed by atoms with Gasteiger partial charge in [0.1, 0.15) is 11.6 Å². The Labute approximate surface area is 169 Å². The van der Waals surface area contributed by atoms with E-state index in [1.54, 1.807) is 16.8 Å². The molecule has 0 radical (unpaired) electrons. The summed E-state index contributed by atoms with van der Waals surface area (Å²) in [6.07, 6.45) is 4.32. The van der Waals surface area contributed by atoms with Gasteiger partial charge in [0.25, 0.3) is 0 Å². The lowest BCUT2D eigenvalue weighted by molar-refractivity contribution is -0.132. The van der Waals surface area contributed by atoms with Crippen molar-refractivity contribution in [1.29, 1.82) is 0 Å². The number of hydrogen-bond acceptors (Lipinski definition) is 4. The summed E-state index contributed by atoms with van der Waals surface area (Å²) in [6.45, 7) is 5.63. The van der Waals surface area contributed by atoms with Crippen molar-refractivity contribution in [1.82, 2.24) is 19.5 Å². The quantitative estimate of drug-likeness (QED) is 0.686. The maximum atomic E-state index is 13.6. The highest BCUT2D eigenvalue weighted by molar-refractivity contribution is 5.77. The summed E-state index contributed by atoms with van der Waals surface area (Å²) in [6, 6.07) is 10.4. The molecule has 6 nitrogen and oxygen atoms in total. The van der Waals surface area contributed by atoms with Crippen LogP contribution in [0.1, 0.15) is 33.1 Å². The van der Waals surface area contributed by atoms with Crippen LogP contribution in [0.15, 0.2) is 42.6 Å². The topological polar surface area (TPSA) is 62.5 Å². The van der Waals surface area contributed by atoms with E-state index in [0.29, 0.717) is 30.3 Å².